The topological polar surface area (TPSA) is 146 Å². The summed E-state index contributed by atoms with van der Waals surface area (Å²) in [6.07, 6.45) is 3.03. The number of thiophene rings is 2. The molecule has 2 heterocycles. The molecule has 0 amide bonds. The number of carboxylic acids is 2. The highest BCUT2D eigenvalue weighted by Crippen LogP contribution is 2.38. The van der Waals surface area contributed by atoms with Gasteiger partial charge in [-0.05, 0) is 47.2 Å². The third kappa shape index (κ3) is 7.65. The number of benzene rings is 2. The first-order valence-electron chi connectivity index (χ1n) is 12.8. The SMILES string of the molecule is COc1cc2sc(C(=O)CCC(=O)O)cc2cc1OC/C=C/COc1cc2cc(C(=O)CCC(=O)O)sc2cc1OC. The maximum atomic E-state index is 12.3. The minimum atomic E-state index is -1.01. The molecular formula is C30H28O10S2. The van der Waals surface area contributed by atoms with E-state index in [0.717, 1.165) is 20.2 Å². The number of methoxy groups -OCH3 is 2. The standard InChI is InChI=1S/C30H28O10S2/c1-37-21-15-25-17(13-27(41-25)19(31)5-7-29(33)34)11-23(21)39-9-3-4-10-40-24-12-18-14-28(20(32)6-8-30(35)36)42-26(18)16-22(24)38-2/h3-4,11-16H,5-10H2,1-2H3,(H,33,34)(H,35,36)/b4-3+. The number of fused-ring (bicyclic) bond motifs is 2. The van der Waals surface area contributed by atoms with Crippen molar-refractivity contribution in [1.29, 1.82) is 0 Å². The molecule has 4 aromatic rings. The molecule has 4 rings (SSSR count). The number of ketones is 2. The highest BCUT2D eigenvalue weighted by atomic mass is 32.1. The van der Waals surface area contributed by atoms with Crippen LogP contribution < -0.4 is 18.9 Å². The molecule has 2 aromatic carbocycles. The summed E-state index contributed by atoms with van der Waals surface area (Å²) in [4.78, 5) is 47.2. The van der Waals surface area contributed by atoms with E-state index in [-0.39, 0.29) is 50.5 Å². The monoisotopic (exact) mass is 612 g/mol. The lowest BCUT2D eigenvalue weighted by molar-refractivity contribution is -0.137. The molecule has 12 heteroatoms. The van der Waals surface area contributed by atoms with Crippen molar-refractivity contribution < 1.29 is 48.3 Å². The fourth-order valence-corrected chi connectivity index (χ4v) is 6.09. The van der Waals surface area contributed by atoms with Crippen molar-refractivity contribution in [3.05, 3.63) is 58.3 Å². The first-order valence-corrected chi connectivity index (χ1v) is 14.5. The van der Waals surface area contributed by atoms with Gasteiger partial charge in [0, 0.05) is 34.4 Å². The fourth-order valence-electron chi connectivity index (χ4n) is 4.01. The lowest BCUT2D eigenvalue weighted by Gasteiger charge is -2.10. The highest BCUT2D eigenvalue weighted by Gasteiger charge is 2.16. The van der Waals surface area contributed by atoms with Gasteiger partial charge in [0.05, 0.1) is 36.8 Å². The zero-order valence-electron chi connectivity index (χ0n) is 22.8. The predicted octanol–water partition coefficient (Wildman–Crippen LogP) is 6.24. The largest absolute Gasteiger partial charge is 0.493 e. The first-order chi connectivity index (χ1) is 20.2. The Morgan fingerprint density at radius 3 is 1.38 bits per heavy atom. The Morgan fingerprint density at radius 1 is 0.619 bits per heavy atom. The molecule has 0 fully saturated rings. The Morgan fingerprint density at radius 2 is 1.02 bits per heavy atom. The third-order valence-corrected chi connectivity index (χ3v) is 8.40. The number of ether oxygens (including phenoxy) is 4. The van der Waals surface area contributed by atoms with Gasteiger partial charge >= 0.3 is 11.9 Å². The molecule has 0 aliphatic heterocycles. The predicted molar refractivity (Wildman–Crippen MR) is 159 cm³/mol. The molecule has 220 valence electrons. The summed E-state index contributed by atoms with van der Waals surface area (Å²) in [5.74, 6) is -0.458. The molecule has 0 saturated heterocycles. The van der Waals surface area contributed by atoms with Crippen LogP contribution in [0.15, 0.2) is 48.6 Å². The lowest BCUT2D eigenvalue weighted by atomic mass is 10.1. The van der Waals surface area contributed by atoms with Crippen LogP contribution in [0, 0.1) is 0 Å². The van der Waals surface area contributed by atoms with Gasteiger partial charge in [0.25, 0.3) is 0 Å². The number of carboxylic acid groups (broad SMARTS) is 2. The second kappa shape index (κ2) is 14.0. The van der Waals surface area contributed by atoms with Crippen molar-refractivity contribution in [2.24, 2.45) is 0 Å². The van der Waals surface area contributed by atoms with E-state index in [1.54, 1.807) is 48.6 Å². The van der Waals surface area contributed by atoms with Crippen molar-refractivity contribution in [2.45, 2.75) is 25.7 Å². The molecule has 0 aliphatic rings. The van der Waals surface area contributed by atoms with Gasteiger partial charge in [0.1, 0.15) is 13.2 Å². The van der Waals surface area contributed by atoms with Gasteiger partial charge in [-0.3, -0.25) is 19.2 Å². The highest BCUT2D eigenvalue weighted by molar-refractivity contribution is 7.21. The molecule has 0 spiro atoms. The Hall–Kier alpha value is -4.42. The first kappa shape index (κ1) is 30.5. The van der Waals surface area contributed by atoms with Crippen molar-refractivity contribution in [2.75, 3.05) is 27.4 Å². The number of aliphatic carboxylic acids is 2. The van der Waals surface area contributed by atoms with Crippen LogP contribution in [0.5, 0.6) is 23.0 Å². The molecule has 0 saturated carbocycles. The van der Waals surface area contributed by atoms with E-state index in [4.69, 9.17) is 29.2 Å². The van der Waals surface area contributed by atoms with Crippen LogP contribution in [-0.2, 0) is 9.59 Å². The quantitative estimate of drug-likeness (QED) is 0.110. The number of hydrogen-bond donors (Lipinski definition) is 2. The van der Waals surface area contributed by atoms with Crippen molar-refractivity contribution in [3.63, 3.8) is 0 Å². The third-order valence-electron chi connectivity index (χ3n) is 6.12. The van der Waals surface area contributed by atoms with E-state index in [1.165, 1.54) is 36.9 Å². The maximum absolute atomic E-state index is 12.3. The van der Waals surface area contributed by atoms with E-state index >= 15 is 0 Å². The molecule has 2 aromatic heterocycles. The summed E-state index contributed by atoms with van der Waals surface area (Å²) in [7, 11) is 3.05. The molecule has 0 aliphatic carbocycles. The number of carbonyl (C=O) groups is 4. The summed E-state index contributed by atoms with van der Waals surface area (Å²) in [6.45, 7) is 0.449. The summed E-state index contributed by atoms with van der Waals surface area (Å²) < 4.78 is 24.3. The van der Waals surface area contributed by atoms with Crippen molar-refractivity contribution in [3.8, 4) is 23.0 Å². The molecule has 42 heavy (non-hydrogen) atoms. The van der Waals surface area contributed by atoms with Crippen LogP contribution in [0.1, 0.15) is 45.0 Å². The van der Waals surface area contributed by atoms with Crippen molar-refractivity contribution in [1.82, 2.24) is 0 Å². The Kier molecular flexibility index (Phi) is 10.2. The molecule has 10 nitrogen and oxygen atoms in total. The van der Waals surface area contributed by atoms with Gasteiger partial charge in [-0.25, -0.2) is 0 Å². The maximum Gasteiger partial charge on any atom is 0.303 e. The Labute approximate surface area is 248 Å². The van der Waals surface area contributed by atoms with E-state index < -0.39 is 11.9 Å². The van der Waals surface area contributed by atoms with Crippen molar-refractivity contribution >= 4 is 66.4 Å². The fraction of sp³-hybridized carbons (Fsp3) is 0.267. The lowest BCUT2D eigenvalue weighted by Crippen LogP contribution is -2.01. The molecule has 0 bridgehead atoms. The van der Waals surface area contributed by atoms with E-state index in [9.17, 15) is 19.2 Å². The molecule has 2 N–H and O–H groups in total. The normalized spacial score (nSPS) is 11.2. The van der Waals surface area contributed by atoms with Gasteiger partial charge in [-0.2, -0.15) is 0 Å². The second-order valence-electron chi connectivity index (χ2n) is 9.03. The van der Waals surface area contributed by atoms with Crippen LogP contribution >= 0.6 is 22.7 Å². The summed E-state index contributed by atoms with van der Waals surface area (Å²) in [6, 6.07) is 10.6. The number of carbonyl (C=O) groups excluding carboxylic acids is 2. The molecular weight excluding hydrogens is 584 g/mol. The van der Waals surface area contributed by atoms with Crippen LogP contribution in [0.25, 0.3) is 20.2 Å². The van der Waals surface area contributed by atoms with Crippen LogP contribution in [0.4, 0.5) is 0 Å². The smallest absolute Gasteiger partial charge is 0.303 e. The Bertz CT molecular complexity index is 1540. The van der Waals surface area contributed by atoms with Gasteiger partial charge in [0.15, 0.2) is 34.6 Å². The number of hydrogen-bond acceptors (Lipinski definition) is 10. The number of rotatable bonds is 16. The average Bonchev–Trinajstić information content (AvgIpc) is 3.58. The van der Waals surface area contributed by atoms with Gasteiger partial charge in [0.2, 0.25) is 0 Å². The summed E-state index contributed by atoms with van der Waals surface area (Å²) >= 11 is 2.56. The van der Waals surface area contributed by atoms with Gasteiger partial charge < -0.3 is 29.2 Å². The average molecular weight is 613 g/mol. The molecule has 0 unspecified atom stereocenters. The van der Waals surface area contributed by atoms with Crippen LogP contribution in [-0.4, -0.2) is 61.2 Å². The van der Waals surface area contributed by atoms with E-state index in [2.05, 4.69) is 0 Å². The van der Waals surface area contributed by atoms with Gasteiger partial charge in [-0.15, -0.1) is 22.7 Å². The molecule has 0 radical (unpaired) electrons. The summed E-state index contributed by atoms with van der Waals surface area (Å²) in [5.41, 5.74) is 0. The minimum Gasteiger partial charge on any atom is -0.493 e. The second-order valence-corrected chi connectivity index (χ2v) is 11.2. The summed E-state index contributed by atoms with van der Waals surface area (Å²) in [5, 5.41) is 19.3. The van der Waals surface area contributed by atoms with Crippen LogP contribution in [0.3, 0.4) is 0 Å². The van der Waals surface area contributed by atoms with E-state index in [1.807, 2.05) is 0 Å². The molecule has 0 atom stereocenters. The van der Waals surface area contributed by atoms with Gasteiger partial charge in [-0.1, -0.05) is 0 Å². The van der Waals surface area contributed by atoms with E-state index in [0.29, 0.717) is 32.8 Å². The minimum absolute atomic E-state index is 0.0577. The van der Waals surface area contributed by atoms with Crippen LogP contribution in [0.2, 0.25) is 0 Å². The zero-order valence-corrected chi connectivity index (χ0v) is 24.5. The zero-order chi connectivity index (χ0) is 30.2. The number of Topliss-reactive ketones (excluding diaryl/α,β-unsaturated/α-hetero) is 2. The Balaban J connectivity index is 1.36.